The second-order valence-electron chi connectivity index (χ2n) is 16.4. The van der Waals surface area contributed by atoms with Crippen LogP contribution in [0.15, 0.2) is 223 Å². The number of aromatic nitrogens is 2. The van der Waals surface area contributed by atoms with Gasteiger partial charge in [-0.15, -0.1) is 0 Å². The third-order valence-corrected chi connectivity index (χ3v) is 13.1. The molecule has 0 aliphatic heterocycles. The Morgan fingerprint density at radius 1 is 0.323 bits per heavy atom. The van der Waals surface area contributed by atoms with Crippen molar-refractivity contribution in [1.82, 2.24) is 9.97 Å². The molecule has 2 aliphatic carbocycles. The van der Waals surface area contributed by atoms with E-state index in [2.05, 4.69) is 182 Å². The van der Waals surface area contributed by atoms with Crippen LogP contribution < -0.4 is 0 Å². The predicted octanol–water partition coefficient (Wildman–Crippen LogP) is 15.1. The summed E-state index contributed by atoms with van der Waals surface area (Å²) in [6, 6.07) is 78.8. The summed E-state index contributed by atoms with van der Waals surface area (Å²) in [5.41, 5.74) is 22.0. The lowest BCUT2D eigenvalue weighted by molar-refractivity contribution is 0.667. The van der Waals surface area contributed by atoms with Gasteiger partial charge in [-0.3, -0.25) is 0 Å². The lowest BCUT2D eigenvalue weighted by Crippen LogP contribution is -2.25. The Morgan fingerprint density at radius 2 is 0.790 bits per heavy atom. The van der Waals surface area contributed by atoms with E-state index in [1.54, 1.807) is 0 Å². The molecule has 0 unspecified atom stereocenters. The number of hydrogen-bond acceptors (Lipinski definition) is 3. The van der Waals surface area contributed by atoms with Gasteiger partial charge in [-0.1, -0.05) is 182 Å². The quantitative estimate of drug-likeness (QED) is 0.174. The molecule has 3 nitrogen and oxygen atoms in total. The first-order chi connectivity index (χ1) is 30.7. The zero-order valence-electron chi connectivity index (χ0n) is 33.6. The lowest BCUT2D eigenvalue weighted by Gasteiger charge is -2.30. The molecule has 9 aromatic carbocycles. The molecule has 11 aromatic rings. The highest BCUT2D eigenvalue weighted by Gasteiger charge is 2.51. The largest absolute Gasteiger partial charge is 0.452 e. The van der Waals surface area contributed by atoms with Crippen molar-refractivity contribution in [1.29, 1.82) is 0 Å². The van der Waals surface area contributed by atoms with Crippen molar-refractivity contribution in [3.05, 3.63) is 241 Å². The molecule has 3 heteroatoms. The van der Waals surface area contributed by atoms with Crippen LogP contribution in [0.1, 0.15) is 22.3 Å². The molecular weight excluding hydrogens is 753 g/mol. The smallest absolute Gasteiger partial charge is 0.180 e. The van der Waals surface area contributed by atoms with E-state index in [0.29, 0.717) is 11.4 Å². The van der Waals surface area contributed by atoms with Crippen LogP contribution in [0.3, 0.4) is 0 Å². The van der Waals surface area contributed by atoms with Gasteiger partial charge >= 0.3 is 0 Å². The van der Waals surface area contributed by atoms with Gasteiger partial charge in [0.15, 0.2) is 11.4 Å². The van der Waals surface area contributed by atoms with Gasteiger partial charge in [0.1, 0.15) is 16.8 Å². The third kappa shape index (κ3) is 5.06. The molecule has 1 spiro atoms. The van der Waals surface area contributed by atoms with E-state index in [1.165, 1.54) is 55.6 Å². The Morgan fingerprint density at radius 3 is 1.39 bits per heavy atom. The second kappa shape index (κ2) is 13.4. The summed E-state index contributed by atoms with van der Waals surface area (Å²) in [5, 5.41) is 0.955. The summed E-state index contributed by atoms with van der Waals surface area (Å²) in [4.78, 5) is 10.3. The summed E-state index contributed by atoms with van der Waals surface area (Å²) in [7, 11) is 0. The molecule has 0 bridgehead atoms. The van der Waals surface area contributed by atoms with Gasteiger partial charge in [-0.05, 0) is 114 Å². The molecule has 2 heterocycles. The Hall–Kier alpha value is -8.14. The third-order valence-electron chi connectivity index (χ3n) is 13.1. The van der Waals surface area contributed by atoms with Crippen LogP contribution in [0, 0.1) is 0 Å². The number of hydrogen-bond donors (Lipinski definition) is 0. The maximum absolute atomic E-state index is 6.65. The standard InChI is InChI=1S/C59H36N2O/c1-4-16-37(17-5-1)42-32-43(40-29-31-54-49(35-40)56-57(62-54)55(38-18-6-2-7-19-38)60-58(61-56)39-20-8-3-9-21-39)34-44(33-42)41-28-30-48-47-24-12-15-27-52(47)59(53(48)36-41)50-25-13-10-22-45(50)46-23-11-14-26-51(46)59/h1-36H. The van der Waals surface area contributed by atoms with Crippen molar-refractivity contribution in [3.63, 3.8) is 0 Å². The first-order valence-corrected chi connectivity index (χ1v) is 21.2. The van der Waals surface area contributed by atoms with Crippen LogP contribution in [0.25, 0.3) is 100 Å². The molecule has 0 radical (unpaired) electrons. The molecule has 0 amide bonds. The highest BCUT2D eigenvalue weighted by Crippen LogP contribution is 2.63. The molecular formula is C59H36N2O. The van der Waals surface area contributed by atoms with Crippen molar-refractivity contribution < 1.29 is 4.42 Å². The van der Waals surface area contributed by atoms with Crippen LogP contribution >= 0.6 is 0 Å². The Bertz CT molecular complexity index is 3510. The van der Waals surface area contributed by atoms with Gasteiger partial charge in [0.2, 0.25) is 0 Å². The molecule has 0 fully saturated rings. The number of benzene rings is 9. The van der Waals surface area contributed by atoms with E-state index in [9.17, 15) is 0 Å². The Labute approximate surface area is 359 Å². The first-order valence-electron chi connectivity index (χ1n) is 21.2. The molecule has 0 saturated carbocycles. The van der Waals surface area contributed by atoms with Crippen LogP contribution in [0.5, 0.6) is 0 Å². The second-order valence-corrected chi connectivity index (χ2v) is 16.4. The average Bonchev–Trinajstić information content (AvgIpc) is 3.98. The SMILES string of the molecule is c1ccc(-c2cc(-c3ccc4c(c3)C3(c5ccccc5-c5ccccc53)c3ccccc3-4)cc(-c3ccc4oc5c(-c6ccccc6)nc(-c6ccccc6)nc5c4c3)c2)cc1. The lowest BCUT2D eigenvalue weighted by atomic mass is 9.70. The first kappa shape index (κ1) is 34.7. The van der Waals surface area contributed by atoms with Crippen molar-refractivity contribution in [2.75, 3.05) is 0 Å². The number of rotatable bonds is 5. The van der Waals surface area contributed by atoms with E-state index in [-0.39, 0.29) is 0 Å². The Kier molecular flexibility index (Phi) is 7.52. The molecule has 0 saturated heterocycles. The number of furan rings is 1. The highest BCUT2D eigenvalue weighted by atomic mass is 16.3. The van der Waals surface area contributed by atoms with Crippen molar-refractivity contribution in [2.45, 2.75) is 5.41 Å². The van der Waals surface area contributed by atoms with Gasteiger partial charge in [-0.25, -0.2) is 9.97 Å². The number of nitrogens with zero attached hydrogens (tertiary/aromatic N) is 2. The van der Waals surface area contributed by atoms with Gasteiger partial charge in [-0.2, -0.15) is 0 Å². The van der Waals surface area contributed by atoms with Crippen LogP contribution in [0.2, 0.25) is 0 Å². The minimum Gasteiger partial charge on any atom is -0.452 e. The summed E-state index contributed by atoms with van der Waals surface area (Å²) in [6.45, 7) is 0. The highest BCUT2D eigenvalue weighted by molar-refractivity contribution is 6.08. The monoisotopic (exact) mass is 788 g/mol. The van der Waals surface area contributed by atoms with E-state index < -0.39 is 5.41 Å². The molecule has 62 heavy (non-hydrogen) atoms. The molecule has 2 aromatic heterocycles. The van der Waals surface area contributed by atoms with Crippen LogP contribution in [-0.2, 0) is 5.41 Å². The Balaban J connectivity index is 1.02. The van der Waals surface area contributed by atoms with Gasteiger partial charge in [0.25, 0.3) is 0 Å². The van der Waals surface area contributed by atoms with E-state index in [4.69, 9.17) is 14.4 Å². The average molecular weight is 789 g/mol. The zero-order valence-corrected chi connectivity index (χ0v) is 33.6. The van der Waals surface area contributed by atoms with Gasteiger partial charge in [0.05, 0.1) is 5.41 Å². The molecule has 2 aliphatic rings. The fourth-order valence-corrected chi connectivity index (χ4v) is 10.4. The van der Waals surface area contributed by atoms with Crippen LogP contribution in [0.4, 0.5) is 0 Å². The zero-order chi connectivity index (χ0) is 40.8. The van der Waals surface area contributed by atoms with Crippen molar-refractivity contribution >= 4 is 22.1 Å². The number of fused-ring (bicyclic) bond motifs is 13. The fraction of sp³-hybridized carbons (Fsp3) is 0.0169. The summed E-state index contributed by atoms with van der Waals surface area (Å²) in [5.74, 6) is 0.669. The molecule has 0 N–H and O–H groups in total. The van der Waals surface area contributed by atoms with Gasteiger partial charge < -0.3 is 4.42 Å². The molecule has 0 atom stereocenters. The topological polar surface area (TPSA) is 38.9 Å². The minimum atomic E-state index is -0.415. The van der Waals surface area contributed by atoms with E-state index >= 15 is 0 Å². The fourth-order valence-electron chi connectivity index (χ4n) is 10.4. The van der Waals surface area contributed by atoms with Crippen molar-refractivity contribution in [3.8, 4) is 78.3 Å². The van der Waals surface area contributed by atoms with E-state index in [0.717, 1.165) is 55.6 Å². The normalized spacial score (nSPS) is 13.0. The molecule has 13 rings (SSSR count). The predicted molar refractivity (Wildman–Crippen MR) is 253 cm³/mol. The van der Waals surface area contributed by atoms with Crippen LogP contribution in [-0.4, -0.2) is 9.97 Å². The van der Waals surface area contributed by atoms with Crippen molar-refractivity contribution in [2.24, 2.45) is 0 Å². The van der Waals surface area contributed by atoms with E-state index in [1.807, 2.05) is 36.4 Å². The molecule has 288 valence electrons. The maximum atomic E-state index is 6.65. The summed E-state index contributed by atoms with van der Waals surface area (Å²) in [6.07, 6.45) is 0. The summed E-state index contributed by atoms with van der Waals surface area (Å²) < 4.78 is 6.65. The summed E-state index contributed by atoms with van der Waals surface area (Å²) >= 11 is 0. The maximum Gasteiger partial charge on any atom is 0.180 e. The van der Waals surface area contributed by atoms with Gasteiger partial charge in [0, 0.05) is 16.5 Å². The minimum absolute atomic E-state index is 0.415.